The van der Waals surface area contributed by atoms with Crippen LogP contribution in [0.1, 0.15) is 24.6 Å². The average molecular weight is 366 g/mol. The van der Waals surface area contributed by atoms with Gasteiger partial charge in [0.25, 0.3) is 5.91 Å². The van der Waals surface area contributed by atoms with Crippen molar-refractivity contribution >= 4 is 35.4 Å². The number of rotatable bonds is 6. The Balaban J connectivity index is 1.64. The number of carbonyl (C=O) groups excluding carboxylic acids is 3. The third-order valence-corrected chi connectivity index (χ3v) is 4.50. The molecule has 7 nitrogen and oxygen atoms in total. The van der Waals surface area contributed by atoms with Gasteiger partial charge < -0.3 is 19.7 Å². The first-order chi connectivity index (χ1) is 12.1. The number of likely N-dealkylation sites (tertiary alicyclic amines) is 1. The van der Waals surface area contributed by atoms with Crippen LogP contribution < -0.4 is 5.32 Å². The van der Waals surface area contributed by atoms with Crippen LogP contribution in [-0.2, 0) is 19.1 Å². The van der Waals surface area contributed by atoms with E-state index < -0.39 is 5.97 Å². The summed E-state index contributed by atoms with van der Waals surface area (Å²) in [6.45, 7) is 2.87. The molecule has 0 saturated carbocycles. The molecule has 2 amide bonds. The van der Waals surface area contributed by atoms with Crippen molar-refractivity contribution in [1.82, 2.24) is 10.2 Å². The normalized spacial score (nSPS) is 15.2. The lowest BCUT2D eigenvalue weighted by molar-refractivity contribution is -0.144. The van der Waals surface area contributed by atoms with Crippen LogP contribution in [0.25, 0.3) is 6.08 Å². The highest BCUT2D eigenvalue weighted by molar-refractivity contribution is 7.10. The SMILES string of the molecule is CCOC(=O)N1CCC(NC(=O)COC(=O)/C=C/c2cccs2)CC1. The maximum absolute atomic E-state index is 11.9. The Labute approximate surface area is 150 Å². The van der Waals surface area contributed by atoms with E-state index in [1.54, 1.807) is 17.9 Å². The number of nitrogens with zero attached hydrogens (tertiary/aromatic N) is 1. The summed E-state index contributed by atoms with van der Waals surface area (Å²) in [6, 6.07) is 3.73. The first kappa shape index (κ1) is 19.0. The van der Waals surface area contributed by atoms with Crippen molar-refractivity contribution in [3.8, 4) is 0 Å². The van der Waals surface area contributed by atoms with E-state index in [2.05, 4.69) is 5.32 Å². The van der Waals surface area contributed by atoms with E-state index in [1.807, 2.05) is 17.5 Å². The fraction of sp³-hybridized carbons (Fsp3) is 0.471. The van der Waals surface area contributed by atoms with Gasteiger partial charge in [0.1, 0.15) is 0 Å². The third-order valence-electron chi connectivity index (χ3n) is 3.66. The quantitative estimate of drug-likeness (QED) is 0.615. The summed E-state index contributed by atoms with van der Waals surface area (Å²) in [5.74, 6) is -0.895. The monoisotopic (exact) mass is 366 g/mol. The molecular formula is C17H22N2O5S. The first-order valence-corrected chi connectivity index (χ1v) is 9.06. The van der Waals surface area contributed by atoms with Crippen molar-refractivity contribution in [3.05, 3.63) is 28.5 Å². The highest BCUT2D eigenvalue weighted by Gasteiger charge is 2.24. The second-order valence-electron chi connectivity index (χ2n) is 5.48. The molecule has 25 heavy (non-hydrogen) atoms. The number of amides is 2. The highest BCUT2D eigenvalue weighted by Crippen LogP contribution is 2.12. The molecule has 0 aromatic carbocycles. The van der Waals surface area contributed by atoms with E-state index in [0.29, 0.717) is 32.5 Å². The van der Waals surface area contributed by atoms with Gasteiger partial charge in [-0.15, -0.1) is 11.3 Å². The van der Waals surface area contributed by atoms with Gasteiger partial charge in [-0.05, 0) is 37.3 Å². The fourth-order valence-electron chi connectivity index (χ4n) is 2.41. The molecule has 0 spiro atoms. The van der Waals surface area contributed by atoms with E-state index >= 15 is 0 Å². The van der Waals surface area contributed by atoms with E-state index in [9.17, 15) is 14.4 Å². The summed E-state index contributed by atoms with van der Waals surface area (Å²) in [7, 11) is 0. The zero-order valence-corrected chi connectivity index (χ0v) is 14.9. The lowest BCUT2D eigenvalue weighted by atomic mass is 10.1. The summed E-state index contributed by atoms with van der Waals surface area (Å²) < 4.78 is 9.87. The maximum Gasteiger partial charge on any atom is 0.409 e. The van der Waals surface area contributed by atoms with Crippen molar-refractivity contribution in [2.75, 3.05) is 26.3 Å². The van der Waals surface area contributed by atoms with Crippen molar-refractivity contribution in [3.63, 3.8) is 0 Å². The minimum atomic E-state index is -0.555. The Morgan fingerprint density at radius 1 is 1.32 bits per heavy atom. The van der Waals surface area contributed by atoms with Crippen LogP contribution >= 0.6 is 11.3 Å². The number of nitrogens with one attached hydrogen (secondary N) is 1. The molecule has 0 bridgehead atoms. The van der Waals surface area contributed by atoms with Gasteiger partial charge >= 0.3 is 12.1 Å². The first-order valence-electron chi connectivity index (χ1n) is 8.18. The molecule has 1 saturated heterocycles. The van der Waals surface area contributed by atoms with E-state index in [-0.39, 0.29) is 24.6 Å². The molecule has 1 aromatic rings. The van der Waals surface area contributed by atoms with Gasteiger partial charge in [-0.25, -0.2) is 9.59 Å². The van der Waals surface area contributed by atoms with Crippen LogP contribution in [0, 0.1) is 0 Å². The topological polar surface area (TPSA) is 84.9 Å². The molecule has 1 aliphatic heterocycles. The van der Waals surface area contributed by atoms with E-state index in [0.717, 1.165) is 4.88 Å². The van der Waals surface area contributed by atoms with Gasteiger partial charge in [-0.1, -0.05) is 6.07 Å². The Morgan fingerprint density at radius 3 is 2.72 bits per heavy atom. The van der Waals surface area contributed by atoms with Crippen LogP contribution in [-0.4, -0.2) is 55.2 Å². The summed E-state index contributed by atoms with van der Waals surface area (Å²) in [4.78, 5) is 37.6. The van der Waals surface area contributed by atoms with Crippen LogP contribution in [0.5, 0.6) is 0 Å². The maximum atomic E-state index is 11.9. The van der Waals surface area contributed by atoms with Gasteiger partial charge in [-0.3, -0.25) is 4.79 Å². The van der Waals surface area contributed by atoms with Gasteiger partial charge in [0.2, 0.25) is 0 Å². The van der Waals surface area contributed by atoms with E-state index in [4.69, 9.17) is 9.47 Å². The number of esters is 1. The van der Waals surface area contributed by atoms with Crippen LogP contribution in [0.3, 0.4) is 0 Å². The van der Waals surface area contributed by atoms with Crippen molar-refractivity contribution < 1.29 is 23.9 Å². The number of hydrogen-bond donors (Lipinski definition) is 1. The molecule has 0 radical (unpaired) electrons. The minimum absolute atomic E-state index is 0.0291. The number of piperidine rings is 1. The lowest BCUT2D eigenvalue weighted by Crippen LogP contribution is -2.47. The van der Waals surface area contributed by atoms with Crippen molar-refractivity contribution in [2.24, 2.45) is 0 Å². The zero-order valence-electron chi connectivity index (χ0n) is 14.1. The van der Waals surface area contributed by atoms with Crippen molar-refractivity contribution in [1.29, 1.82) is 0 Å². The molecule has 136 valence electrons. The standard InChI is InChI=1S/C17H22N2O5S/c1-2-23-17(22)19-9-7-13(8-10-19)18-15(20)12-24-16(21)6-5-14-4-3-11-25-14/h3-6,11,13H,2,7-10,12H2,1H3,(H,18,20)/b6-5+. The Bertz CT molecular complexity index is 607. The average Bonchev–Trinajstić information content (AvgIpc) is 3.12. The minimum Gasteiger partial charge on any atom is -0.452 e. The summed E-state index contributed by atoms with van der Waals surface area (Å²) in [5, 5.41) is 4.73. The summed E-state index contributed by atoms with van der Waals surface area (Å²) >= 11 is 1.51. The van der Waals surface area contributed by atoms with Gasteiger partial charge in [0, 0.05) is 30.1 Å². The third kappa shape index (κ3) is 6.58. The largest absolute Gasteiger partial charge is 0.452 e. The molecule has 1 fully saturated rings. The molecule has 1 aromatic heterocycles. The van der Waals surface area contributed by atoms with Crippen molar-refractivity contribution in [2.45, 2.75) is 25.8 Å². The number of carbonyl (C=O) groups is 3. The van der Waals surface area contributed by atoms with Gasteiger partial charge in [0.05, 0.1) is 6.61 Å². The zero-order chi connectivity index (χ0) is 18.1. The lowest BCUT2D eigenvalue weighted by Gasteiger charge is -2.31. The fourth-order valence-corrected chi connectivity index (χ4v) is 3.03. The molecule has 0 unspecified atom stereocenters. The molecule has 0 aliphatic carbocycles. The van der Waals surface area contributed by atoms with Crippen LogP contribution in [0.2, 0.25) is 0 Å². The second kappa shape index (κ2) is 9.83. The van der Waals surface area contributed by atoms with Crippen LogP contribution in [0.4, 0.5) is 4.79 Å². The van der Waals surface area contributed by atoms with Gasteiger partial charge in [0.15, 0.2) is 6.61 Å². The molecule has 8 heteroatoms. The molecular weight excluding hydrogens is 344 g/mol. The molecule has 2 heterocycles. The Morgan fingerprint density at radius 2 is 2.08 bits per heavy atom. The Hall–Kier alpha value is -2.35. The smallest absolute Gasteiger partial charge is 0.409 e. The highest BCUT2D eigenvalue weighted by atomic mass is 32.1. The predicted molar refractivity (Wildman–Crippen MR) is 94.1 cm³/mol. The molecule has 1 aliphatic rings. The predicted octanol–water partition coefficient (Wildman–Crippen LogP) is 2.04. The van der Waals surface area contributed by atoms with E-state index in [1.165, 1.54) is 17.4 Å². The number of thiophene rings is 1. The molecule has 2 rings (SSSR count). The van der Waals surface area contributed by atoms with Crippen LogP contribution in [0.15, 0.2) is 23.6 Å². The second-order valence-corrected chi connectivity index (χ2v) is 6.46. The molecule has 0 atom stereocenters. The Kier molecular flexibility index (Phi) is 7.46. The molecule has 1 N–H and O–H groups in total. The number of ether oxygens (including phenoxy) is 2. The number of hydrogen-bond acceptors (Lipinski definition) is 6. The summed E-state index contributed by atoms with van der Waals surface area (Å²) in [6.07, 6.45) is 3.93. The summed E-state index contributed by atoms with van der Waals surface area (Å²) in [5.41, 5.74) is 0. The van der Waals surface area contributed by atoms with Gasteiger partial charge in [-0.2, -0.15) is 0 Å².